The molecule has 3 rings (SSSR count). The maximum Gasteiger partial charge on any atom is 0.160 e. The molecule has 1 aromatic heterocycles. The van der Waals surface area contributed by atoms with Gasteiger partial charge in [0.15, 0.2) is 9.84 Å². The van der Waals surface area contributed by atoms with Gasteiger partial charge in [-0.15, -0.1) is 0 Å². The summed E-state index contributed by atoms with van der Waals surface area (Å²) in [6.45, 7) is 0. The van der Waals surface area contributed by atoms with Gasteiger partial charge < -0.3 is 10.3 Å². The number of hydrogen-bond donors (Lipinski definition) is 1. The molecule has 0 radical (unpaired) electrons. The van der Waals surface area contributed by atoms with E-state index in [0.717, 1.165) is 31.4 Å². The SMILES string of the molecule is NC1CCCc2cnc(C3CCCS3(=O)=O)n21. The summed E-state index contributed by atoms with van der Waals surface area (Å²) in [6, 6.07) is 0. The van der Waals surface area contributed by atoms with Gasteiger partial charge in [0.05, 0.1) is 11.9 Å². The van der Waals surface area contributed by atoms with Crippen molar-refractivity contribution in [2.45, 2.75) is 43.5 Å². The number of rotatable bonds is 1. The predicted molar refractivity (Wildman–Crippen MR) is 64.2 cm³/mol. The van der Waals surface area contributed by atoms with E-state index in [-0.39, 0.29) is 11.9 Å². The van der Waals surface area contributed by atoms with Crippen molar-refractivity contribution in [1.82, 2.24) is 9.55 Å². The molecule has 1 aromatic rings. The summed E-state index contributed by atoms with van der Waals surface area (Å²) in [6.07, 6.45) is 6.03. The van der Waals surface area contributed by atoms with E-state index in [4.69, 9.17) is 5.73 Å². The van der Waals surface area contributed by atoms with Gasteiger partial charge in [-0.2, -0.15) is 0 Å². The van der Waals surface area contributed by atoms with Crippen LogP contribution in [0.25, 0.3) is 0 Å². The third-order valence-electron chi connectivity index (χ3n) is 3.78. The van der Waals surface area contributed by atoms with Gasteiger partial charge in [-0.3, -0.25) is 0 Å². The first kappa shape index (κ1) is 11.2. The molecule has 6 heteroatoms. The van der Waals surface area contributed by atoms with E-state index >= 15 is 0 Å². The molecule has 0 aliphatic carbocycles. The topological polar surface area (TPSA) is 78.0 Å². The van der Waals surface area contributed by atoms with Crippen molar-refractivity contribution < 1.29 is 8.42 Å². The monoisotopic (exact) mass is 255 g/mol. The molecule has 0 aromatic carbocycles. The summed E-state index contributed by atoms with van der Waals surface area (Å²) >= 11 is 0. The Morgan fingerprint density at radius 1 is 1.35 bits per heavy atom. The van der Waals surface area contributed by atoms with Gasteiger partial charge in [0.1, 0.15) is 11.1 Å². The van der Waals surface area contributed by atoms with Crippen LogP contribution >= 0.6 is 0 Å². The van der Waals surface area contributed by atoms with Crippen LogP contribution in [0, 0.1) is 0 Å². The molecule has 17 heavy (non-hydrogen) atoms. The Bertz CT molecular complexity index is 535. The van der Waals surface area contributed by atoms with E-state index in [1.54, 1.807) is 6.20 Å². The van der Waals surface area contributed by atoms with Crippen LogP contribution in [0.1, 0.15) is 48.6 Å². The van der Waals surface area contributed by atoms with Gasteiger partial charge in [0.25, 0.3) is 0 Å². The third-order valence-corrected chi connectivity index (χ3v) is 5.95. The van der Waals surface area contributed by atoms with Crippen LogP contribution in [-0.2, 0) is 16.3 Å². The van der Waals surface area contributed by atoms with Crippen molar-refractivity contribution in [3.05, 3.63) is 17.7 Å². The van der Waals surface area contributed by atoms with E-state index in [0.29, 0.717) is 12.2 Å². The number of nitrogens with zero attached hydrogens (tertiary/aromatic N) is 2. The first-order valence-corrected chi connectivity index (χ1v) is 7.84. The minimum absolute atomic E-state index is 0.105. The van der Waals surface area contributed by atoms with Crippen LogP contribution in [0.5, 0.6) is 0 Å². The maximum atomic E-state index is 12.0. The maximum absolute atomic E-state index is 12.0. The van der Waals surface area contributed by atoms with Crippen LogP contribution in [0.4, 0.5) is 0 Å². The Balaban J connectivity index is 2.07. The lowest BCUT2D eigenvalue weighted by Crippen LogP contribution is -2.28. The minimum Gasteiger partial charge on any atom is -0.315 e. The van der Waals surface area contributed by atoms with E-state index in [1.807, 2.05) is 4.57 Å². The number of sulfone groups is 1. The molecule has 2 unspecified atom stereocenters. The highest BCUT2D eigenvalue weighted by Gasteiger charge is 2.37. The smallest absolute Gasteiger partial charge is 0.160 e. The average molecular weight is 255 g/mol. The molecule has 94 valence electrons. The third kappa shape index (κ3) is 1.70. The van der Waals surface area contributed by atoms with Crippen molar-refractivity contribution in [2.75, 3.05) is 5.75 Å². The largest absolute Gasteiger partial charge is 0.315 e. The average Bonchev–Trinajstić information content (AvgIpc) is 2.82. The van der Waals surface area contributed by atoms with Gasteiger partial charge >= 0.3 is 0 Å². The van der Waals surface area contributed by atoms with E-state index in [9.17, 15) is 8.42 Å². The number of nitrogens with two attached hydrogens (primary N) is 1. The standard InChI is InChI=1S/C11H17N3O2S/c12-10-5-1-3-8-7-13-11(14(8)10)9-4-2-6-17(9,15)16/h7,9-10H,1-6,12H2. The Morgan fingerprint density at radius 3 is 2.88 bits per heavy atom. The molecule has 0 bridgehead atoms. The summed E-state index contributed by atoms with van der Waals surface area (Å²) in [5, 5.41) is -0.430. The van der Waals surface area contributed by atoms with Crippen molar-refractivity contribution >= 4 is 9.84 Å². The molecule has 1 saturated heterocycles. The van der Waals surface area contributed by atoms with Crippen LogP contribution in [-0.4, -0.2) is 23.7 Å². The number of aromatic nitrogens is 2. The fourth-order valence-electron chi connectivity index (χ4n) is 2.92. The highest BCUT2D eigenvalue weighted by molar-refractivity contribution is 7.91. The molecule has 0 saturated carbocycles. The number of fused-ring (bicyclic) bond motifs is 1. The lowest BCUT2D eigenvalue weighted by atomic mass is 10.1. The Morgan fingerprint density at radius 2 is 2.18 bits per heavy atom. The Labute approximate surface area is 101 Å². The highest BCUT2D eigenvalue weighted by atomic mass is 32.2. The van der Waals surface area contributed by atoms with Crippen LogP contribution in [0.15, 0.2) is 6.20 Å². The molecular formula is C11H17N3O2S. The lowest BCUT2D eigenvalue weighted by molar-refractivity contribution is 0.398. The van der Waals surface area contributed by atoms with Gasteiger partial charge in [-0.05, 0) is 32.1 Å². The second-order valence-corrected chi connectivity index (χ2v) is 7.24. The van der Waals surface area contributed by atoms with Gasteiger partial charge in [-0.25, -0.2) is 13.4 Å². The molecule has 1 fully saturated rings. The van der Waals surface area contributed by atoms with Crippen LogP contribution in [0.2, 0.25) is 0 Å². The van der Waals surface area contributed by atoms with Crippen molar-refractivity contribution in [3.63, 3.8) is 0 Å². The fraction of sp³-hybridized carbons (Fsp3) is 0.727. The Hall–Kier alpha value is -0.880. The molecule has 2 aliphatic rings. The number of imidazole rings is 1. The summed E-state index contributed by atoms with van der Waals surface area (Å²) in [7, 11) is -3.01. The summed E-state index contributed by atoms with van der Waals surface area (Å²) in [4.78, 5) is 4.33. The van der Waals surface area contributed by atoms with Gasteiger partial charge in [-0.1, -0.05) is 0 Å². The lowest BCUT2D eigenvalue weighted by Gasteiger charge is -2.25. The van der Waals surface area contributed by atoms with E-state index < -0.39 is 15.1 Å². The number of aryl methyl sites for hydroxylation is 1. The van der Waals surface area contributed by atoms with Gasteiger partial charge in [0.2, 0.25) is 0 Å². The molecule has 0 amide bonds. The summed E-state index contributed by atoms with van der Waals surface area (Å²) < 4.78 is 25.9. The first-order valence-electron chi connectivity index (χ1n) is 6.13. The minimum atomic E-state index is -3.01. The summed E-state index contributed by atoms with van der Waals surface area (Å²) in [5.41, 5.74) is 7.16. The molecule has 3 heterocycles. The fourth-order valence-corrected chi connectivity index (χ4v) is 4.80. The normalized spacial score (nSPS) is 31.4. The molecule has 2 N–H and O–H groups in total. The zero-order chi connectivity index (χ0) is 12.0. The first-order chi connectivity index (χ1) is 8.09. The van der Waals surface area contributed by atoms with Crippen molar-refractivity contribution in [1.29, 1.82) is 0 Å². The Kier molecular flexibility index (Phi) is 2.52. The number of hydrogen-bond acceptors (Lipinski definition) is 4. The van der Waals surface area contributed by atoms with Crippen LogP contribution < -0.4 is 5.73 Å². The molecular weight excluding hydrogens is 238 g/mol. The zero-order valence-electron chi connectivity index (χ0n) is 9.67. The van der Waals surface area contributed by atoms with Crippen LogP contribution in [0.3, 0.4) is 0 Å². The molecule has 2 atom stereocenters. The quantitative estimate of drug-likeness (QED) is 0.809. The predicted octanol–water partition coefficient (Wildman–Crippen LogP) is 0.926. The summed E-state index contributed by atoms with van der Waals surface area (Å²) in [5.74, 6) is 0.958. The van der Waals surface area contributed by atoms with Crippen molar-refractivity contribution in [3.8, 4) is 0 Å². The highest BCUT2D eigenvalue weighted by Crippen LogP contribution is 2.36. The second-order valence-electron chi connectivity index (χ2n) is 4.94. The van der Waals surface area contributed by atoms with E-state index in [2.05, 4.69) is 4.98 Å². The zero-order valence-corrected chi connectivity index (χ0v) is 10.5. The second kappa shape index (κ2) is 3.81. The molecule has 0 spiro atoms. The van der Waals surface area contributed by atoms with E-state index in [1.165, 1.54) is 0 Å². The molecule has 5 nitrogen and oxygen atoms in total. The molecule has 2 aliphatic heterocycles. The van der Waals surface area contributed by atoms with Gasteiger partial charge in [0, 0.05) is 11.9 Å². The van der Waals surface area contributed by atoms with Crippen molar-refractivity contribution in [2.24, 2.45) is 5.73 Å².